The fourth-order valence-electron chi connectivity index (χ4n) is 4.38. The van der Waals surface area contributed by atoms with Gasteiger partial charge in [0.15, 0.2) is 0 Å². The number of aromatic nitrogens is 4. The van der Waals surface area contributed by atoms with E-state index >= 15 is 0 Å². The molecule has 5 heterocycles. The second-order valence-electron chi connectivity index (χ2n) is 8.14. The van der Waals surface area contributed by atoms with Gasteiger partial charge in [0, 0.05) is 56.6 Å². The number of rotatable bonds is 3. The van der Waals surface area contributed by atoms with Gasteiger partial charge in [-0.05, 0) is 13.3 Å². The molecule has 2 N–H and O–H groups in total. The van der Waals surface area contributed by atoms with Crippen LogP contribution in [-0.4, -0.2) is 82.2 Å². The number of carbonyl (C=O) groups is 1. The average molecular weight is 410 g/mol. The Morgan fingerprint density at radius 2 is 1.93 bits per heavy atom. The molecule has 30 heavy (non-hydrogen) atoms. The lowest BCUT2D eigenvalue weighted by Gasteiger charge is -2.44. The third-order valence-corrected chi connectivity index (χ3v) is 6.17. The highest BCUT2D eigenvalue weighted by Gasteiger charge is 2.39. The molecule has 2 aromatic heterocycles. The standard InChI is InChI=1S/C20H26N8O2/c1-12-11-30-6-5-27(12)20-24-17(14-7-22-19(21)23-8-14)16-3-4-28(18(16)25-20)15-9-26(10-15)13(2)29/h7-8,12,15H,3-6,9-11H2,1-2H3,(H2,21,22,23)/t12-/m0/s1. The summed E-state index contributed by atoms with van der Waals surface area (Å²) >= 11 is 0. The van der Waals surface area contributed by atoms with Gasteiger partial charge in [-0.1, -0.05) is 0 Å². The number of nitrogen functional groups attached to an aromatic ring is 1. The molecular weight excluding hydrogens is 384 g/mol. The zero-order chi connectivity index (χ0) is 20.8. The van der Waals surface area contributed by atoms with Gasteiger partial charge in [0.05, 0.1) is 31.0 Å². The van der Waals surface area contributed by atoms with E-state index in [1.165, 1.54) is 0 Å². The van der Waals surface area contributed by atoms with E-state index in [0.29, 0.717) is 19.2 Å². The number of anilines is 3. The molecule has 10 heteroatoms. The van der Waals surface area contributed by atoms with Crippen LogP contribution in [0.3, 0.4) is 0 Å². The number of morpholine rings is 1. The summed E-state index contributed by atoms with van der Waals surface area (Å²) in [6.45, 7) is 8.14. The van der Waals surface area contributed by atoms with Gasteiger partial charge in [0.1, 0.15) is 5.82 Å². The van der Waals surface area contributed by atoms with E-state index in [4.69, 9.17) is 20.4 Å². The van der Waals surface area contributed by atoms with Crippen molar-refractivity contribution in [3.8, 4) is 11.3 Å². The van der Waals surface area contributed by atoms with E-state index in [0.717, 1.165) is 55.2 Å². The van der Waals surface area contributed by atoms with Crippen molar-refractivity contribution in [2.45, 2.75) is 32.4 Å². The van der Waals surface area contributed by atoms with Gasteiger partial charge in [0.25, 0.3) is 0 Å². The Labute approximate surface area is 175 Å². The number of amides is 1. The molecule has 5 rings (SSSR count). The molecule has 1 amide bonds. The molecule has 2 fully saturated rings. The normalized spacial score (nSPS) is 21.5. The molecule has 2 aromatic rings. The van der Waals surface area contributed by atoms with Crippen LogP contribution in [0, 0.1) is 0 Å². The molecule has 1 atom stereocenters. The van der Waals surface area contributed by atoms with Gasteiger partial charge in [-0.25, -0.2) is 15.0 Å². The molecule has 0 unspecified atom stereocenters. The minimum absolute atomic E-state index is 0.121. The first-order chi connectivity index (χ1) is 14.5. The molecule has 0 aliphatic carbocycles. The van der Waals surface area contributed by atoms with E-state index in [1.54, 1.807) is 19.3 Å². The number of hydrogen-bond acceptors (Lipinski definition) is 9. The predicted octanol–water partition coefficient (Wildman–Crippen LogP) is 0.334. The van der Waals surface area contributed by atoms with Crippen molar-refractivity contribution in [2.75, 3.05) is 54.9 Å². The molecule has 0 aromatic carbocycles. The van der Waals surface area contributed by atoms with Gasteiger partial charge in [0.2, 0.25) is 17.8 Å². The smallest absolute Gasteiger partial charge is 0.228 e. The second kappa shape index (κ2) is 7.35. The Morgan fingerprint density at radius 3 is 2.63 bits per heavy atom. The Bertz CT molecular complexity index is 960. The van der Waals surface area contributed by atoms with E-state index in [9.17, 15) is 4.79 Å². The highest BCUT2D eigenvalue weighted by atomic mass is 16.5. The third kappa shape index (κ3) is 3.20. The Morgan fingerprint density at radius 1 is 1.17 bits per heavy atom. The van der Waals surface area contributed by atoms with Crippen molar-refractivity contribution in [2.24, 2.45) is 0 Å². The molecule has 2 saturated heterocycles. The SMILES string of the molecule is CC(=O)N1CC(N2CCc3c(-c4cnc(N)nc4)nc(N4CCOC[C@@H]4C)nc32)C1. The van der Waals surface area contributed by atoms with Crippen LogP contribution in [0.1, 0.15) is 19.4 Å². The summed E-state index contributed by atoms with van der Waals surface area (Å²) < 4.78 is 5.60. The first-order valence-corrected chi connectivity index (χ1v) is 10.4. The van der Waals surface area contributed by atoms with Crippen LogP contribution < -0.4 is 15.5 Å². The highest BCUT2D eigenvalue weighted by Crippen LogP contribution is 2.38. The fourth-order valence-corrected chi connectivity index (χ4v) is 4.38. The number of hydrogen-bond donors (Lipinski definition) is 1. The molecule has 3 aliphatic heterocycles. The van der Waals surface area contributed by atoms with Gasteiger partial charge in [-0.2, -0.15) is 4.98 Å². The molecule has 158 valence electrons. The third-order valence-electron chi connectivity index (χ3n) is 6.17. The second-order valence-corrected chi connectivity index (χ2v) is 8.14. The predicted molar refractivity (Wildman–Crippen MR) is 112 cm³/mol. The zero-order valence-electron chi connectivity index (χ0n) is 17.3. The lowest BCUT2D eigenvalue weighted by atomic mass is 10.1. The van der Waals surface area contributed by atoms with Crippen molar-refractivity contribution < 1.29 is 9.53 Å². The van der Waals surface area contributed by atoms with Crippen LogP contribution in [0.4, 0.5) is 17.7 Å². The summed E-state index contributed by atoms with van der Waals surface area (Å²) in [5.74, 6) is 2.02. The van der Waals surface area contributed by atoms with E-state index in [2.05, 4.69) is 26.7 Å². The van der Waals surface area contributed by atoms with Gasteiger partial charge in [-0.15, -0.1) is 0 Å². The molecule has 10 nitrogen and oxygen atoms in total. The van der Waals surface area contributed by atoms with Crippen LogP contribution >= 0.6 is 0 Å². The molecule has 3 aliphatic rings. The topological polar surface area (TPSA) is 114 Å². The fraction of sp³-hybridized carbons (Fsp3) is 0.550. The maximum atomic E-state index is 11.6. The summed E-state index contributed by atoms with van der Waals surface area (Å²) in [6, 6.07) is 0.481. The summed E-state index contributed by atoms with van der Waals surface area (Å²) in [6.07, 6.45) is 4.30. The maximum absolute atomic E-state index is 11.6. The summed E-state index contributed by atoms with van der Waals surface area (Å²) in [4.78, 5) is 36.3. The summed E-state index contributed by atoms with van der Waals surface area (Å²) in [5.41, 5.74) is 8.49. The Hall–Kier alpha value is -3.01. The molecule has 0 saturated carbocycles. The van der Waals surface area contributed by atoms with E-state index in [-0.39, 0.29) is 23.9 Å². The molecular formula is C20H26N8O2. The van der Waals surface area contributed by atoms with E-state index in [1.807, 2.05) is 4.90 Å². The highest BCUT2D eigenvalue weighted by molar-refractivity contribution is 5.76. The lowest BCUT2D eigenvalue weighted by molar-refractivity contribution is -0.133. The molecule has 0 radical (unpaired) electrons. The lowest BCUT2D eigenvalue weighted by Crippen LogP contribution is -2.60. The van der Waals surface area contributed by atoms with Gasteiger partial charge < -0.3 is 25.2 Å². The van der Waals surface area contributed by atoms with E-state index < -0.39 is 0 Å². The number of nitrogens with zero attached hydrogens (tertiary/aromatic N) is 7. The monoisotopic (exact) mass is 410 g/mol. The van der Waals surface area contributed by atoms with Crippen molar-refractivity contribution in [3.05, 3.63) is 18.0 Å². The maximum Gasteiger partial charge on any atom is 0.228 e. The number of carbonyl (C=O) groups excluding carboxylic acids is 1. The van der Waals surface area contributed by atoms with Crippen molar-refractivity contribution >= 4 is 23.6 Å². The first kappa shape index (κ1) is 19.0. The van der Waals surface area contributed by atoms with Crippen LogP contribution in [0.5, 0.6) is 0 Å². The number of likely N-dealkylation sites (tertiary alicyclic amines) is 1. The number of ether oxygens (including phenoxy) is 1. The largest absolute Gasteiger partial charge is 0.377 e. The minimum Gasteiger partial charge on any atom is -0.377 e. The summed E-state index contributed by atoms with van der Waals surface area (Å²) in [7, 11) is 0. The summed E-state index contributed by atoms with van der Waals surface area (Å²) in [5, 5.41) is 0. The Balaban J connectivity index is 1.55. The number of nitrogens with two attached hydrogens (primary N) is 1. The molecule has 0 bridgehead atoms. The van der Waals surface area contributed by atoms with Crippen LogP contribution in [0.15, 0.2) is 12.4 Å². The van der Waals surface area contributed by atoms with Gasteiger partial charge >= 0.3 is 0 Å². The van der Waals surface area contributed by atoms with Crippen LogP contribution in [0.25, 0.3) is 11.3 Å². The quantitative estimate of drug-likeness (QED) is 0.765. The zero-order valence-corrected chi connectivity index (χ0v) is 17.3. The number of fused-ring (bicyclic) bond motifs is 1. The van der Waals surface area contributed by atoms with Gasteiger partial charge in [-0.3, -0.25) is 4.79 Å². The van der Waals surface area contributed by atoms with Crippen molar-refractivity contribution in [3.63, 3.8) is 0 Å². The minimum atomic E-state index is 0.121. The van der Waals surface area contributed by atoms with Crippen molar-refractivity contribution in [1.82, 2.24) is 24.8 Å². The van der Waals surface area contributed by atoms with Crippen molar-refractivity contribution in [1.29, 1.82) is 0 Å². The molecule has 0 spiro atoms. The van der Waals surface area contributed by atoms with Crippen LogP contribution in [-0.2, 0) is 16.0 Å². The first-order valence-electron chi connectivity index (χ1n) is 10.4. The average Bonchev–Trinajstić information content (AvgIpc) is 3.11. The Kier molecular flexibility index (Phi) is 4.65. The van der Waals surface area contributed by atoms with Crippen LogP contribution in [0.2, 0.25) is 0 Å².